The van der Waals surface area contributed by atoms with Gasteiger partial charge in [0.15, 0.2) is 6.10 Å². The highest BCUT2D eigenvalue weighted by molar-refractivity contribution is 6.31. The van der Waals surface area contributed by atoms with Gasteiger partial charge in [0.25, 0.3) is 5.91 Å². The highest BCUT2D eigenvalue weighted by Crippen LogP contribution is 2.22. The number of benzene rings is 2. The SMILES string of the molecule is Cc1cc(OC(C)C(=O)N(C)Cc2nc(-c3ccc(Cl)cc3)no2)ccc1Cl. The van der Waals surface area contributed by atoms with Crippen LogP contribution in [0.15, 0.2) is 47.0 Å². The molecular formula is C20H19Cl2N3O3. The predicted octanol–water partition coefficient (Wildman–Crippen LogP) is 4.78. The van der Waals surface area contributed by atoms with Crippen molar-refractivity contribution in [1.29, 1.82) is 0 Å². The number of hydrogen-bond donors (Lipinski definition) is 0. The first kappa shape index (κ1) is 20.2. The molecule has 0 N–H and O–H groups in total. The molecule has 8 heteroatoms. The van der Waals surface area contributed by atoms with Gasteiger partial charge in [0, 0.05) is 22.7 Å². The quantitative estimate of drug-likeness (QED) is 0.574. The second-order valence-electron chi connectivity index (χ2n) is 6.38. The molecule has 28 heavy (non-hydrogen) atoms. The van der Waals surface area contributed by atoms with Crippen molar-refractivity contribution in [3.8, 4) is 17.1 Å². The van der Waals surface area contributed by atoms with Crippen molar-refractivity contribution in [1.82, 2.24) is 15.0 Å². The van der Waals surface area contributed by atoms with Gasteiger partial charge in [-0.1, -0.05) is 28.4 Å². The summed E-state index contributed by atoms with van der Waals surface area (Å²) in [5.74, 6) is 1.14. The van der Waals surface area contributed by atoms with Crippen molar-refractivity contribution in [2.75, 3.05) is 7.05 Å². The van der Waals surface area contributed by atoms with Crippen molar-refractivity contribution < 1.29 is 14.1 Å². The number of halogens is 2. The van der Waals surface area contributed by atoms with Gasteiger partial charge >= 0.3 is 0 Å². The summed E-state index contributed by atoms with van der Waals surface area (Å²) >= 11 is 11.9. The fourth-order valence-corrected chi connectivity index (χ4v) is 2.82. The summed E-state index contributed by atoms with van der Waals surface area (Å²) in [6.45, 7) is 3.74. The largest absolute Gasteiger partial charge is 0.481 e. The molecule has 0 saturated carbocycles. The molecule has 0 aliphatic carbocycles. The molecule has 0 spiro atoms. The monoisotopic (exact) mass is 419 g/mol. The normalized spacial score (nSPS) is 11.9. The molecule has 146 valence electrons. The van der Waals surface area contributed by atoms with E-state index in [0.29, 0.717) is 27.5 Å². The summed E-state index contributed by atoms with van der Waals surface area (Å²) in [5, 5.41) is 5.22. The van der Waals surface area contributed by atoms with Gasteiger partial charge in [0.2, 0.25) is 11.7 Å². The van der Waals surface area contributed by atoms with Crippen LogP contribution in [0.2, 0.25) is 10.0 Å². The Balaban J connectivity index is 1.62. The number of ether oxygens (including phenoxy) is 1. The zero-order chi connectivity index (χ0) is 20.3. The molecule has 6 nitrogen and oxygen atoms in total. The number of amides is 1. The van der Waals surface area contributed by atoms with Crippen LogP contribution < -0.4 is 4.74 Å². The van der Waals surface area contributed by atoms with E-state index in [9.17, 15) is 4.79 Å². The molecule has 0 aliphatic heterocycles. The van der Waals surface area contributed by atoms with Gasteiger partial charge in [-0.15, -0.1) is 0 Å². The number of aryl methyl sites for hydroxylation is 1. The lowest BCUT2D eigenvalue weighted by molar-refractivity contribution is -0.137. The van der Waals surface area contributed by atoms with E-state index >= 15 is 0 Å². The summed E-state index contributed by atoms with van der Waals surface area (Å²) in [6, 6.07) is 12.4. The van der Waals surface area contributed by atoms with Crippen LogP contribution in [0, 0.1) is 6.92 Å². The highest BCUT2D eigenvalue weighted by Gasteiger charge is 2.21. The van der Waals surface area contributed by atoms with E-state index in [2.05, 4.69) is 10.1 Å². The number of carbonyl (C=O) groups is 1. The van der Waals surface area contributed by atoms with Crippen LogP contribution in [0.25, 0.3) is 11.4 Å². The fraction of sp³-hybridized carbons (Fsp3) is 0.250. The zero-order valence-electron chi connectivity index (χ0n) is 15.6. The molecule has 0 aliphatic rings. The molecule has 3 aromatic rings. The smallest absolute Gasteiger partial charge is 0.263 e. The van der Waals surface area contributed by atoms with Crippen LogP contribution >= 0.6 is 23.2 Å². The first-order valence-corrected chi connectivity index (χ1v) is 9.35. The Morgan fingerprint density at radius 1 is 1.21 bits per heavy atom. The standard InChI is InChI=1S/C20H19Cl2N3O3/c1-12-10-16(8-9-17(12)22)27-13(2)20(26)25(3)11-18-23-19(24-28-18)14-4-6-15(21)7-5-14/h4-10,13H,11H2,1-3H3. The number of aromatic nitrogens is 2. The summed E-state index contributed by atoms with van der Waals surface area (Å²) in [7, 11) is 1.65. The minimum absolute atomic E-state index is 0.173. The summed E-state index contributed by atoms with van der Waals surface area (Å²) < 4.78 is 11.0. The Labute approximate surface area is 173 Å². The molecule has 0 bridgehead atoms. The van der Waals surface area contributed by atoms with Crippen molar-refractivity contribution in [3.05, 3.63) is 64.0 Å². The summed E-state index contributed by atoms with van der Waals surface area (Å²) in [5.41, 5.74) is 1.66. The molecule has 0 fully saturated rings. The molecule has 1 heterocycles. The Hall–Kier alpha value is -2.57. The summed E-state index contributed by atoms with van der Waals surface area (Å²) in [4.78, 5) is 18.4. The maximum atomic E-state index is 12.6. The van der Waals surface area contributed by atoms with Crippen LogP contribution in [0.1, 0.15) is 18.4 Å². The summed E-state index contributed by atoms with van der Waals surface area (Å²) in [6.07, 6.45) is -0.677. The van der Waals surface area contributed by atoms with E-state index in [0.717, 1.165) is 11.1 Å². The van der Waals surface area contributed by atoms with Gasteiger partial charge in [0.1, 0.15) is 5.75 Å². The third-order valence-corrected chi connectivity index (χ3v) is 4.79. The molecule has 0 radical (unpaired) electrons. The lowest BCUT2D eigenvalue weighted by Crippen LogP contribution is -2.37. The maximum absolute atomic E-state index is 12.6. The van der Waals surface area contributed by atoms with E-state index in [-0.39, 0.29) is 12.5 Å². The molecular weight excluding hydrogens is 401 g/mol. The predicted molar refractivity (Wildman–Crippen MR) is 107 cm³/mol. The molecule has 0 saturated heterocycles. The van der Waals surface area contributed by atoms with Crippen LogP contribution in [-0.2, 0) is 11.3 Å². The van der Waals surface area contributed by atoms with Crippen LogP contribution in [0.4, 0.5) is 0 Å². The van der Waals surface area contributed by atoms with Crippen LogP contribution in [-0.4, -0.2) is 34.1 Å². The maximum Gasteiger partial charge on any atom is 0.263 e. The molecule has 1 aromatic heterocycles. The molecule has 1 unspecified atom stereocenters. The minimum Gasteiger partial charge on any atom is -0.481 e. The average molecular weight is 420 g/mol. The number of hydrogen-bond acceptors (Lipinski definition) is 5. The van der Waals surface area contributed by atoms with Crippen LogP contribution in [0.5, 0.6) is 5.75 Å². The Bertz CT molecular complexity index is 973. The van der Waals surface area contributed by atoms with Gasteiger partial charge in [-0.3, -0.25) is 4.79 Å². The third kappa shape index (κ3) is 4.82. The Morgan fingerprint density at radius 3 is 2.61 bits per heavy atom. The number of rotatable bonds is 6. The van der Waals surface area contributed by atoms with Gasteiger partial charge < -0.3 is 14.2 Å². The minimum atomic E-state index is -0.677. The highest BCUT2D eigenvalue weighted by atomic mass is 35.5. The topological polar surface area (TPSA) is 68.5 Å². The van der Waals surface area contributed by atoms with E-state index in [1.54, 1.807) is 56.4 Å². The number of likely N-dealkylation sites (N-methyl/N-ethyl adjacent to an activating group) is 1. The second kappa shape index (κ2) is 8.63. The lowest BCUT2D eigenvalue weighted by atomic mass is 10.2. The first-order valence-electron chi connectivity index (χ1n) is 8.60. The van der Waals surface area contributed by atoms with E-state index < -0.39 is 6.10 Å². The molecule has 1 atom stereocenters. The lowest BCUT2D eigenvalue weighted by Gasteiger charge is -2.21. The van der Waals surface area contributed by atoms with Gasteiger partial charge in [-0.25, -0.2) is 0 Å². The Kier molecular flexibility index (Phi) is 6.21. The van der Waals surface area contributed by atoms with Gasteiger partial charge in [-0.2, -0.15) is 4.98 Å². The molecule has 1 amide bonds. The van der Waals surface area contributed by atoms with E-state index in [1.165, 1.54) is 4.90 Å². The zero-order valence-corrected chi connectivity index (χ0v) is 17.2. The van der Waals surface area contributed by atoms with E-state index in [1.807, 2.05) is 6.92 Å². The first-order chi connectivity index (χ1) is 13.3. The van der Waals surface area contributed by atoms with E-state index in [4.69, 9.17) is 32.5 Å². The second-order valence-corrected chi connectivity index (χ2v) is 7.23. The van der Waals surface area contributed by atoms with Crippen molar-refractivity contribution in [2.24, 2.45) is 0 Å². The third-order valence-electron chi connectivity index (χ3n) is 4.11. The average Bonchev–Trinajstić information content (AvgIpc) is 3.13. The number of carbonyl (C=O) groups excluding carboxylic acids is 1. The fourth-order valence-electron chi connectivity index (χ4n) is 2.57. The van der Waals surface area contributed by atoms with Crippen molar-refractivity contribution >= 4 is 29.1 Å². The Morgan fingerprint density at radius 2 is 1.93 bits per heavy atom. The molecule has 2 aromatic carbocycles. The number of nitrogens with zero attached hydrogens (tertiary/aromatic N) is 3. The van der Waals surface area contributed by atoms with Crippen LogP contribution in [0.3, 0.4) is 0 Å². The van der Waals surface area contributed by atoms with Crippen molar-refractivity contribution in [3.63, 3.8) is 0 Å². The van der Waals surface area contributed by atoms with Gasteiger partial charge in [0.05, 0.1) is 6.54 Å². The molecule has 3 rings (SSSR count). The van der Waals surface area contributed by atoms with Gasteiger partial charge in [-0.05, 0) is 61.9 Å². The van der Waals surface area contributed by atoms with Crippen molar-refractivity contribution in [2.45, 2.75) is 26.5 Å².